The predicted octanol–water partition coefficient (Wildman–Crippen LogP) is 3.39. The summed E-state index contributed by atoms with van der Waals surface area (Å²) in [6.07, 6.45) is 1.65. The number of aryl methyl sites for hydroxylation is 1. The second kappa shape index (κ2) is 6.80. The standard InChI is InChI=1S/C18H16N2O3S/c21-16-14-9-8-13(17(22)23)11-15(14)19-18(24)20(16)10-4-7-12-5-2-1-3-6-12/h1-3,5-6,8-9,11H,4,7,10H2,(H,19,24)(H,22,23). The smallest absolute Gasteiger partial charge is 0.335 e. The molecule has 3 aromatic rings. The van der Waals surface area contributed by atoms with Crippen molar-refractivity contribution in [3.63, 3.8) is 0 Å². The Hall–Kier alpha value is -2.73. The maximum absolute atomic E-state index is 12.6. The molecule has 1 heterocycles. The number of fused-ring (bicyclic) bond motifs is 1. The first-order valence-corrected chi connectivity index (χ1v) is 8.01. The van der Waals surface area contributed by atoms with Gasteiger partial charge in [0, 0.05) is 6.54 Å². The molecule has 1 aromatic heterocycles. The minimum atomic E-state index is -1.04. The monoisotopic (exact) mass is 340 g/mol. The fraction of sp³-hybridized carbons (Fsp3) is 0.167. The molecule has 0 atom stereocenters. The fourth-order valence-electron chi connectivity index (χ4n) is 2.68. The number of carbonyl (C=O) groups is 1. The lowest BCUT2D eigenvalue weighted by Gasteiger charge is -2.08. The molecule has 0 radical (unpaired) electrons. The van der Waals surface area contributed by atoms with E-state index in [4.69, 9.17) is 17.3 Å². The minimum absolute atomic E-state index is 0.120. The van der Waals surface area contributed by atoms with Crippen LogP contribution >= 0.6 is 12.2 Å². The van der Waals surface area contributed by atoms with Gasteiger partial charge in [-0.15, -0.1) is 0 Å². The molecular formula is C18H16N2O3S. The number of hydrogen-bond donors (Lipinski definition) is 2. The van der Waals surface area contributed by atoms with Gasteiger partial charge in [0.25, 0.3) is 5.56 Å². The van der Waals surface area contributed by atoms with Crippen LogP contribution in [0.25, 0.3) is 10.9 Å². The van der Waals surface area contributed by atoms with Gasteiger partial charge in [-0.3, -0.25) is 9.36 Å². The molecule has 0 saturated carbocycles. The first-order valence-electron chi connectivity index (χ1n) is 7.60. The van der Waals surface area contributed by atoms with Gasteiger partial charge < -0.3 is 10.1 Å². The number of carboxylic acids is 1. The molecule has 0 unspecified atom stereocenters. The van der Waals surface area contributed by atoms with Crippen LogP contribution in [0.5, 0.6) is 0 Å². The average Bonchev–Trinajstić information content (AvgIpc) is 2.58. The van der Waals surface area contributed by atoms with E-state index in [2.05, 4.69) is 17.1 Å². The fourth-order valence-corrected chi connectivity index (χ4v) is 2.96. The van der Waals surface area contributed by atoms with Gasteiger partial charge in [0.2, 0.25) is 0 Å². The van der Waals surface area contributed by atoms with E-state index in [0.29, 0.717) is 22.2 Å². The number of H-pyrrole nitrogens is 1. The highest BCUT2D eigenvalue weighted by Gasteiger charge is 2.09. The van der Waals surface area contributed by atoms with Gasteiger partial charge >= 0.3 is 5.97 Å². The number of nitrogens with zero attached hydrogens (tertiary/aromatic N) is 1. The van der Waals surface area contributed by atoms with Gasteiger partial charge in [-0.1, -0.05) is 30.3 Å². The SMILES string of the molecule is O=C(O)c1ccc2c(=O)n(CCCc3ccccc3)c(=S)[nH]c2c1. The third-order valence-corrected chi connectivity index (χ3v) is 4.24. The Morgan fingerprint density at radius 3 is 2.62 bits per heavy atom. The van der Waals surface area contributed by atoms with Crippen molar-refractivity contribution < 1.29 is 9.90 Å². The molecule has 2 aromatic carbocycles. The van der Waals surface area contributed by atoms with E-state index in [-0.39, 0.29) is 11.1 Å². The predicted molar refractivity (Wildman–Crippen MR) is 95.1 cm³/mol. The van der Waals surface area contributed by atoms with Crippen molar-refractivity contribution in [2.24, 2.45) is 0 Å². The van der Waals surface area contributed by atoms with Gasteiger partial charge in [-0.25, -0.2) is 4.79 Å². The molecule has 0 spiro atoms. The zero-order chi connectivity index (χ0) is 17.1. The first-order chi connectivity index (χ1) is 11.6. The highest BCUT2D eigenvalue weighted by atomic mass is 32.1. The topological polar surface area (TPSA) is 75.1 Å². The Morgan fingerprint density at radius 2 is 1.92 bits per heavy atom. The Balaban J connectivity index is 1.88. The van der Waals surface area contributed by atoms with E-state index < -0.39 is 5.97 Å². The number of carboxylic acid groups (broad SMARTS) is 1. The van der Waals surface area contributed by atoms with Crippen LogP contribution in [0.15, 0.2) is 53.3 Å². The van der Waals surface area contributed by atoms with Crippen molar-refractivity contribution in [1.29, 1.82) is 0 Å². The summed E-state index contributed by atoms with van der Waals surface area (Å²) in [6, 6.07) is 14.4. The number of rotatable bonds is 5. The molecule has 0 aliphatic rings. The van der Waals surface area contributed by atoms with E-state index in [1.807, 2.05) is 18.2 Å². The molecule has 2 N–H and O–H groups in total. The Labute approximate surface area is 143 Å². The molecule has 0 saturated heterocycles. The average molecular weight is 340 g/mol. The van der Waals surface area contributed by atoms with Crippen molar-refractivity contribution in [3.8, 4) is 0 Å². The van der Waals surface area contributed by atoms with Crippen LogP contribution in [-0.2, 0) is 13.0 Å². The third kappa shape index (κ3) is 3.28. The minimum Gasteiger partial charge on any atom is -0.478 e. The summed E-state index contributed by atoms with van der Waals surface area (Å²) in [7, 11) is 0. The highest BCUT2D eigenvalue weighted by molar-refractivity contribution is 7.71. The molecule has 0 aliphatic carbocycles. The maximum atomic E-state index is 12.6. The summed E-state index contributed by atoms with van der Waals surface area (Å²) in [5, 5.41) is 9.48. The Bertz CT molecular complexity index is 1010. The number of aromatic nitrogens is 2. The number of aromatic carboxylic acids is 1. The number of hydrogen-bond acceptors (Lipinski definition) is 3. The zero-order valence-electron chi connectivity index (χ0n) is 12.9. The van der Waals surface area contributed by atoms with Crippen LogP contribution in [-0.4, -0.2) is 20.6 Å². The molecule has 0 fully saturated rings. The number of benzene rings is 2. The van der Waals surface area contributed by atoms with E-state index in [0.717, 1.165) is 12.8 Å². The highest BCUT2D eigenvalue weighted by Crippen LogP contribution is 2.11. The molecule has 3 rings (SSSR count). The van der Waals surface area contributed by atoms with E-state index >= 15 is 0 Å². The quantitative estimate of drug-likeness (QED) is 0.698. The molecule has 6 heteroatoms. The van der Waals surface area contributed by atoms with Gasteiger partial charge in [-0.05, 0) is 48.8 Å². The molecule has 122 valence electrons. The summed E-state index contributed by atoms with van der Waals surface area (Å²) in [6.45, 7) is 0.514. The van der Waals surface area contributed by atoms with Gasteiger partial charge in [0.15, 0.2) is 4.77 Å². The lowest BCUT2D eigenvalue weighted by Crippen LogP contribution is -2.22. The second-order valence-corrected chi connectivity index (χ2v) is 5.93. The van der Waals surface area contributed by atoms with E-state index in [1.54, 1.807) is 0 Å². The van der Waals surface area contributed by atoms with Crippen LogP contribution in [0.4, 0.5) is 0 Å². The van der Waals surface area contributed by atoms with Crippen molar-refractivity contribution >= 4 is 29.1 Å². The molecule has 0 aliphatic heterocycles. The van der Waals surface area contributed by atoms with Crippen LogP contribution in [0.3, 0.4) is 0 Å². The number of aromatic amines is 1. The Kier molecular flexibility index (Phi) is 4.57. The molecule has 0 bridgehead atoms. The zero-order valence-corrected chi connectivity index (χ0v) is 13.7. The molecule has 5 nitrogen and oxygen atoms in total. The van der Waals surface area contributed by atoms with Gasteiger partial charge in [0.05, 0.1) is 16.5 Å². The van der Waals surface area contributed by atoms with Crippen LogP contribution < -0.4 is 5.56 Å². The lowest BCUT2D eigenvalue weighted by atomic mass is 10.1. The van der Waals surface area contributed by atoms with Crippen molar-refractivity contribution in [2.75, 3.05) is 0 Å². The molecule has 24 heavy (non-hydrogen) atoms. The van der Waals surface area contributed by atoms with Crippen LogP contribution in [0.2, 0.25) is 0 Å². The first kappa shape index (κ1) is 16.1. The van der Waals surface area contributed by atoms with Crippen LogP contribution in [0, 0.1) is 4.77 Å². The largest absolute Gasteiger partial charge is 0.478 e. The summed E-state index contributed by atoms with van der Waals surface area (Å²) in [4.78, 5) is 26.6. The molecule has 0 amide bonds. The van der Waals surface area contributed by atoms with Crippen LogP contribution in [0.1, 0.15) is 22.3 Å². The van der Waals surface area contributed by atoms with E-state index in [9.17, 15) is 9.59 Å². The summed E-state index contributed by atoms with van der Waals surface area (Å²) >= 11 is 5.27. The normalized spacial score (nSPS) is 10.8. The van der Waals surface area contributed by atoms with Crippen molar-refractivity contribution in [1.82, 2.24) is 9.55 Å². The third-order valence-electron chi connectivity index (χ3n) is 3.92. The van der Waals surface area contributed by atoms with E-state index in [1.165, 1.54) is 28.3 Å². The lowest BCUT2D eigenvalue weighted by molar-refractivity contribution is 0.0697. The van der Waals surface area contributed by atoms with Crippen molar-refractivity contribution in [3.05, 3.63) is 74.8 Å². The number of nitrogens with one attached hydrogen (secondary N) is 1. The summed E-state index contributed by atoms with van der Waals surface area (Å²) < 4.78 is 1.84. The maximum Gasteiger partial charge on any atom is 0.335 e. The van der Waals surface area contributed by atoms with Crippen molar-refractivity contribution in [2.45, 2.75) is 19.4 Å². The molecular weight excluding hydrogens is 324 g/mol. The van der Waals surface area contributed by atoms with Gasteiger partial charge in [0.1, 0.15) is 0 Å². The second-order valence-electron chi connectivity index (χ2n) is 5.54. The van der Waals surface area contributed by atoms with Gasteiger partial charge in [-0.2, -0.15) is 0 Å². The Morgan fingerprint density at radius 1 is 1.17 bits per heavy atom. The summed E-state index contributed by atoms with van der Waals surface area (Å²) in [5.41, 5.74) is 1.59. The summed E-state index contributed by atoms with van der Waals surface area (Å²) in [5.74, 6) is -1.04.